The Labute approximate surface area is 132 Å². The molecule has 0 aromatic carbocycles. The smallest absolute Gasteiger partial charge is 0.410 e. The molecule has 2 fully saturated rings. The van der Waals surface area contributed by atoms with Gasteiger partial charge < -0.3 is 20.3 Å². The van der Waals surface area contributed by atoms with Gasteiger partial charge in [-0.15, -0.1) is 0 Å². The van der Waals surface area contributed by atoms with Gasteiger partial charge in [-0.2, -0.15) is 0 Å². The molecule has 7 heteroatoms. The van der Waals surface area contributed by atoms with Crippen molar-refractivity contribution in [1.82, 2.24) is 14.7 Å². The topological polar surface area (TPSA) is 85.9 Å². The molecule has 0 radical (unpaired) electrons. The van der Waals surface area contributed by atoms with E-state index in [9.17, 15) is 4.79 Å². The van der Waals surface area contributed by atoms with E-state index >= 15 is 0 Å². The molecule has 126 valence electrons. The summed E-state index contributed by atoms with van der Waals surface area (Å²) < 4.78 is 5.36. The summed E-state index contributed by atoms with van der Waals surface area (Å²) in [5.41, 5.74) is 5.20. The fourth-order valence-corrected chi connectivity index (χ4v) is 2.89. The lowest BCUT2D eigenvalue weighted by atomic mass is 9.99. The van der Waals surface area contributed by atoms with Gasteiger partial charge in [-0.3, -0.25) is 10.3 Å². The second-order valence-corrected chi connectivity index (χ2v) is 7.23. The van der Waals surface area contributed by atoms with Crippen molar-refractivity contribution in [2.75, 3.05) is 32.7 Å². The van der Waals surface area contributed by atoms with E-state index in [2.05, 4.69) is 11.8 Å². The lowest BCUT2D eigenvalue weighted by molar-refractivity contribution is -0.0479. The summed E-state index contributed by atoms with van der Waals surface area (Å²) in [7, 11) is 0. The van der Waals surface area contributed by atoms with E-state index in [1.54, 1.807) is 4.90 Å². The Bertz CT molecular complexity index is 422. The van der Waals surface area contributed by atoms with Crippen molar-refractivity contribution in [2.45, 2.75) is 51.8 Å². The zero-order chi connectivity index (χ0) is 16.5. The Morgan fingerprint density at radius 1 is 1.32 bits per heavy atom. The van der Waals surface area contributed by atoms with E-state index in [1.807, 2.05) is 25.7 Å². The molecule has 0 spiro atoms. The summed E-state index contributed by atoms with van der Waals surface area (Å²) in [6.07, 6.45) is 0.767. The lowest BCUT2D eigenvalue weighted by Gasteiger charge is -2.54. The summed E-state index contributed by atoms with van der Waals surface area (Å²) in [4.78, 5) is 18.0. The predicted molar refractivity (Wildman–Crippen MR) is 85.9 cm³/mol. The minimum Gasteiger partial charge on any atom is -0.444 e. The van der Waals surface area contributed by atoms with E-state index in [4.69, 9.17) is 15.9 Å². The summed E-state index contributed by atoms with van der Waals surface area (Å²) in [6.45, 7) is 11.9. The number of amides is 1. The third-order valence-corrected chi connectivity index (χ3v) is 4.14. The number of hydrogen-bond donors (Lipinski definition) is 2. The van der Waals surface area contributed by atoms with Crippen molar-refractivity contribution in [3.8, 4) is 0 Å². The summed E-state index contributed by atoms with van der Waals surface area (Å²) in [6, 6.07) is 0.757. The summed E-state index contributed by atoms with van der Waals surface area (Å²) in [5.74, 6) is 0.162. The average molecular weight is 311 g/mol. The van der Waals surface area contributed by atoms with E-state index < -0.39 is 5.60 Å². The third-order valence-electron chi connectivity index (χ3n) is 4.14. The molecular weight excluding hydrogens is 282 g/mol. The van der Waals surface area contributed by atoms with Crippen LogP contribution in [0.15, 0.2) is 0 Å². The molecule has 1 amide bonds. The number of hydrogen-bond acceptors (Lipinski definition) is 4. The number of likely N-dealkylation sites (tertiary alicyclic amines) is 2. The Kier molecular flexibility index (Phi) is 4.84. The summed E-state index contributed by atoms with van der Waals surface area (Å²) in [5, 5.41) is 7.64. The van der Waals surface area contributed by atoms with Crippen molar-refractivity contribution in [1.29, 1.82) is 5.41 Å². The molecule has 0 saturated carbocycles. The highest BCUT2D eigenvalue weighted by molar-refractivity contribution is 5.75. The molecule has 7 nitrogen and oxygen atoms in total. The molecule has 22 heavy (non-hydrogen) atoms. The van der Waals surface area contributed by atoms with Crippen molar-refractivity contribution in [3.63, 3.8) is 0 Å². The third kappa shape index (κ3) is 3.82. The van der Waals surface area contributed by atoms with E-state index in [-0.39, 0.29) is 12.1 Å². The van der Waals surface area contributed by atoms with Crippen LogP contribution in [0.3, 0.4) is 0 Å². The monoisotopic (exact) mass is 311 g/mol. The van der Waals surface area contributed by atoms with Gasteiger partial charge in [-0.1, -0.05) is 6.92 Å². The van der Waals surface area contributed by atoms with Crippen molar-refractivity contribution in [2.24, 2.45) is 5.73 Å². The molecule has 3 N–H and O–H groups in total. The average Bonchev–Trinajstić information content (AvgIpc) is 2.25. The molecule has 2 heterocycles. The zero-order valence-corrected chi connectivity index (χ0v) is 14.1. The highest BCUT2D eigenvalue weighted by Gasteiger charge is 2.43. The zero-order valence-electron chi connectivity index (χ0n) is 14.1. The highest BCUT2D eigenvalue weighted by atomic mass is 16.6. The maximum atomic E-state index is 11.9. The number of nitrogens with two attached hydrogens (primary N) is 1. The van der Waals surface area contributed by atoms with Crippen LogP contribution in [0.2, 0.25) is 0 Å². The standard InChI is InChI=1S/C15H29N5O2/c1-5-6-20(13(16)17)12-9-18(10-12)11-7-19(8-11)14(21)22-15(2,3)4/h11-12H,5-10H2,1-4H3,(H3,16,17). The highest BCUT2D eigenvalue weighted by Crippen LogP contribution is 2.25. The Morgan fingerprint density at radius 2 is 1.91 bits per heavy atom. The van der Waals surface area contributed by atoms with Gasteiger partial charge in [0.25, 0.3) is 0 Å². The minimum absolute atomic E-state index is 0.162. The SMILES string of the molecule is CCCN(C(=N)N)C1CN(C2CN(C(=O)OC(C)(C)C)C2)C1. The number of guanidine groups is 1. The molecule has 2 rings (SSSR count). The Balaban J connectivity index is 1.71. The van der Waals surface area contributed by atoms with Gasteiger partial charge in [0.05, 0.1) is 6.04 Å². The number of nitrogens with one attached hydrogen (secondary N) is 1. The molecule has 0 aromatic heterocycles. The second-order valence-electron chi connectivity index (χ2n) is 7.23. The largest absolute Gasteiger partial charge is 0.444 e. The summed E-state index contributed by atoms with van der Waals surface area (Å²) >= 11 is 0. The van der Waals surface area contributed by atoms with Crippen LogP contribution < -0.4 is 5.73 Å². The number of rotatable bonds is 4. The van der Waals surface area contributed by atoms with Gasteiger partial charge >= 0.3 is 6.09 Å². The quantitative estimate of drug-likeness (QED) is 0.595. The van der Waals surface area contributed by atoms with Crippen molar-refractivity contribution >= 4 is 12.1 Å². The fraction of sp³-hybridized carbons (Fsp3) is 0.867. The first-order chi connectivity index (χ1) is 10.2. The Hall–Kier alpha value is -1.50. The number of carbonyl (C=O) groups is 1. The first kappa shape index (κ1) is 16.9. The molecule has 2 aliphatic heterocycles. The fourth-order valence-electron chi connectivity index (χ4n) is 2.89. The van der Waals surface area contributed by atoms with Crippen molar-refractivity contribution in [3.05, 3.63) is 0 Å². The van der Waals surface area contributed by atoms with Gasteiger partial charge in [0.15, 0.2) is 5.96 Å². The van der Waals surface area contributed by atoms with Gasteiger partial charge in [0, 0.05) is 38.8 Å². The predicted octanol–water partition coefficient (Wildman–Crippen LogP) is 0.895. The van der Waals surface area contributed by atoms with Crippen LogP contribution in [0.25, 0.3) is 0 Å². The second kappa shape index (κ2) is 6.32. The molecule has 0 bridgehead atoms. The molecule has 2 saturated heterocycles. The molecule has 2 aliphatic rings. The first-order valence-electron chi connectivity index (χ1n) is 8.04. The first-order valence-corrected chi connectivity index (χ1v) is 8.04. The number of nitrogens with zero attached hydrogens (tertiary/aromatic N) is 3. The minimum atomic E-state index is -0.438. The van der Waals surface area contributed by atoms with Crippen LogP contribution in [0.1, 0.15) is 34.1 Å². The normalized spacial score (nSPS) is 20.3. The molecular formula is C15H29N5O2. The molecule has 0 aliphatic carbocycles. The van der Waals surface area contributed by atoms with E-state index in [0.717, 1.165) is 39.1 Å². The molecule has 0 atom stereocenters. The lowest BCUT2D eigenvalue weighted by Crippen LogP contribution is -2.71. The number of carbonyl (C=O) groups excluding carboxylic acids is 1. The van der Waals surface area contributed by atoms with Crippen LogP contribution in [-0.4, -0.2) is 77.2 Å². The van der Waals surface area contributed by atoms with Crippen LogP contribution in [0.4, 0.5) is 4.79 Å². The Morgan fingerprint density at radius 3 is 2.36 bits per heavy atom. The maximum absolute atomic E-state index is 11.9. The van der Waals surface area contributed by atoms with Crippen molar-refractivity contribution < 1.29 is 9.53 Å². The van der Waals surface area contributed by atoms with Crippen LogP contribution in [0, 0.1) is 5.41 Å². The van der Waals surface area contributed by atoms with Gasteiger partial charge in [-0.05, 0) is 27.2 Å². The van der Waals surface area contributed by atoms with Crippen LogP contribution in [-0.2, 0) is 4.74 Å². The van der Waals surface area contributed by atoms with Gasteiger partial charge in [0.1, 0.15) is 5.60 Å². The van der Waals surface area contributed by atoms with Gasteiger partial charge in [-0.25, -0.2) is 4.79 Å². The van der Waals surface area contributed by atoms with Crippen LogP contribution >= 0.6 is 0 Å². The van der Waals surface area contributed by atoms with Gasteiger partial charge in [0.2, 0.25) is 0 Å². The van der Waals surface area contributed by atoms with Crippen LogP contribution in [0.5, 0.6) is 0 Å². The molecule has 0 aromatic rings. The van der Waals surface area contributed by atoms with E-state index in [1.165, 1.54) is 0 Å². The molecule has 0 unspecified atom stereocenters. The number of ether oxygens (including phenoxy) is 1. The maximum Gasteiger partial charge on any atom is 0.410 e. The van der Waals surface area contributed by atoms with E-state index in [0.29, 0.717) is 12.1 Å².